The third kappa shape index (κ3) is 2.82. The number of halogens is 3. The molecule has 1 aliphatic heterocycles. The van der Waals surface area contributed by atoms with Gasteiger partial charge in [0.2, 0.25) is 0 Å². The second-order valence-corrected chi connectivity index (χ2v) is 7.39. The van der Waals surface area contributed by atoms with Crippen molar-refractivity contribution in [3.8, 4) is 0 Å². The van der Waals surface area contributed by atoms with Crippen molar-refractivity contribution in [2.45, 2.75) is 31.5 Å². The van der Waals surface area contributed by atoms with E-state index in [4.69, 9.17) is 0 Å². The molecule has 0 bridgehead atoms. The molecule has 29 heavy (non-hydrogen) atoms. The predicted octanol–water partition coefficient (Wildman–Crippen LogP) is 5.93. The average Bonchev–Trinajstić information content (AvgIpc) is 2.72. The maximum Gasteiger partial charge on any atom is 0.416 e. The molecule has 0 unspecified atom stereocenters. The standard InChI is InChI=1S/C23H17F3N2O/c24-23(25,26)16-8-2-1-5-13(16)22-21-15(6-3-9-19(21)29)20-14-7-4-12-27-17(14)10-11-18(20)28-22/h1-2,4-5,7-8,10-12,22,28H,3,6,9H2/t22-/m0/s1. The first-order chi connectivity index (χ1) is 13.9. The van der Waals surface area contributed by atoms with Gasteiger partial charge in [0.1, 0.15) is 0 Å². The van der Waals surface area contributed by atoms with Gasteiger partial charge >= 0.3 is 6.18 Å². The molecule has 0 spiro atoms. The monoisotopic (exact) mass is 394 g/mol. The quantitative estimate of drug-likeness (QED) is 0.556. The number of ketones is 1. The van der Waals surface area contributed by atoms with Crippen molar-refractivity contribution < 1.29 is 18.0 Å². The highest BCUT2D eigenvalue weighted by atomic mass is 19.4. The van der Waals surface area contributed by atoms with E-state index in [0.717, 1.165) is 33.8 Å². The number of Topliss-reactive ketones (excluding diaryl/α,β-unsaturated/α-hetero) is 1. The second-order valence-electron chi connectivity index (χ2n) is 7.39. The lowest BCUT2D eigenvalue weighted by Gasteiger charge is -2.35. The normalized spacial score (nSPS) is 19.0. The van der Waals surface area contributed by atoms with E-state index in [2.05, 4.69) is 10.3 Å². The number of carbonyl (C=O) groups is 1. The first-order valence-corrected chi connectivity index (χ1v) is 9.52. The van der Waals surface area contributed by atoms with Crippen molar-refractivity contribution in [2.24, 2.45) is 0 Å². The second kappa shape index (κ2) is 6.44. The summed E-state index contributed by atoms with van der Waals surface area (Å²) >= 11 is 0. The Hall–Kier alpha value is -3.15. The summed E-state index contributed by atoms with van der Waals surface area (Å²) in [6.07, 6.45) is -1.08. The van der Waals surface area contributed by atoms with Gasteiger partial charge in [0.25, 0.3) is 0 Å². The molecule has 5 rings (SSSR count). The summed E-state index contributed by atoms with van der Waals surface area (Å²) in [7, 11) is 0. The van der Waals surface area contributed by atoms with Crippen molar-refractivity contribution >= 4 is 27.9 Å². The Labute approximate surface area is 165 Å². The highest BCUT2D eigenvalue weighted by Gasteiger charge is 2.40. The molecule has 1 N–H and O–H groups in total. The molecule has 1 aromatic heterocycles. The summed E-state index contributed by atoms with van der Waals surface area (Å²) in [6, 6.07) is 12.1. The number of carbonyl (C=O) groups excluding carboxylic acids is 1. The van der Waals surface area contributed by atoms with Crippen molar-refractivity contribution in [3.05, 3.63) is 77.0 Å². The van der Waals surface area contributed by atoms with Crippen LogP contribution in [0.4, 0.5) is 18.9 Å². The van der Waals surface area contributed by atoms with E-state index < -0.39 is 17.8 Å². The van der Waals surface area contributed by atoms with Crippen LogP contribution in [-0.2, 0) is 11.0 Å². The minimum atomic E-state index is -4.50. The van der Waals surface area contributed by atoms with Crippen LogP contribution in [0.2, 0.25) is 0 Å². The largest absolute Gasteiger partial charge is 0.416 e. The molecule has 3 aromatic rings. The summed E-state index contributed by atoms with van der Waals surface area (Å²) in [5, 5.41) is 4.15. The number of rotatable bonds is 1. The van der Waals surface area contributed by atoms with E-state index in [-0.39, 0.29) is 11.3 Å². The van der Waals surface area contributed by atoms with Gasteiger partial charge in [-0.25, -0.2) is 0 Å². The number of allylic oxidation sites excluding steroid dienone is 1. The third-order valence-electron chi connectivity index (χ3n) is 5.71. The Kier molecular flexibility index (Phi) is 3.98. The number of aromatic nitrogens is 1. The van der Waals surface area contributed by atoms with Crippen LogP contribution in [0.15, 0.2) is 60.3 Å². The first-order valence-electron chi connectivity index (χ1n) is 9.52. The van der Waals surface area contributed by atoms with Gasteiger partial charge in [0.05, 0.1) is 17.1 Å². The van der Waals surface area contributed by atoms with E-state index in [1.54, 1.807) is 12.3 Å². The molecule has 2 aliphatic rings. The van der Waals surface area contributed by atoms with Crippen molar-refractivity contribution in [3.63, 3.8) is 0 Å². The molecule has 0 saturated carbocycles. The van der Waals surface area contributed by atoms with Gasteiger partial charge in [-0.05, 0) is 48.2 Å². The fourth-order valence-electron chi connectivity index (χ4n) is 4.52. The fourth-order valence-corrected chi connectivity index (χ4v) is 4.52. The van der Waals surface area contributed by atoms with Crippen LogP contribution >= 0.6 is 0 Å². The maximum atomic E-state index is 13.7. The van der Waals surface area contributed by atoms with E-state index in [0.29, 0.717) is 24.8 Å². The lowest BCUT2D eigenvalue weighted by Crippen LogP contribution is -2.29. The Balaban J connectivity index is 1.79. The summed E-state index contributed by atoms with van der Waals surface area (Å²) in [6.45, 7) is 0. The van der Waals surface area contributed by atoms with Gasteiger partial charge in [0.15, 0.2) is 5.78 Å². The number of hydrogen-bond acceptors (Lipinski definition) is 3. The molecule has 0 saturated heterocycles. The van der Waals surface area contributed by atoms with Gasteiger partial charge in [0, 0.05) is 34.8 Å². The van der Waals surface area contributed by atoms with E-state index >= 15 is 0 Å². The van der Waals surface area contributed by atoms with Gasteiger partial charge in [-0.1, -0.05) is 24.3 Å². The van der Waals surface area contributed by atoms with E-state index in [9.17, 15) is 18.0 Å². The lowest BCUT2D eigenvalue weighted by atomic mass is 9.76. The zero-order valence-electron chi connectivity index (χ0n) is 15.4. The molecule has 2 aromatic carbocycles. The Morgan fingerprint density at radius 1 is 1.00 bits per heavy atom. The average molecular weight is 394 g/mol. The van der Waals surface area contributed by atoms with E-state index in [1.807, 2.05) is 24.3 Å². The van der Waals surface area contributed by atoms with Crippen LogP contribution in [0.25, 0.3) is 16.5 Å². The van der Waals surface area contributed by atoms with Gasteiger partial charge in [-0.3, -0.25) is 9.78 Å². The minimum absolute atomic E-state index is 0.0830. The number of fused-ring (bicyclic) bond motifs is 4. The molecule has 2 heterocycles. The predicted molar refractivity (Wildman–Crippen MR) is 105 cm³/mol. The summed E-state index contributed by atoms with van der Waals surface area (Å²) < 4.78 is 41.1. The molecule has 0 fully saturated rings. The molecule has 0 amide bonds. The third-order valence-corrected chi connectivity index (χ3v) is 5.71. The molecular formula is C23H17F3N2O. The van der Waals surface area contributed by atoms with Crippen molar-refractivity contribution in [2.75, 3.05) is 5.32 Å². The fraction of sp³-hybridized carbons (Fsp3) is 0.217. The van der Waals surface area contributed by atoms with Crippen molar-refractivity contribution in [1.82, 2.24) is 4.98 Å². The number of alkyl halides is 3. The van der Waals surface area contributed by atoms with Crippen LogP contribution in [0.3, 0.4) is 0 Å². The van der Waals surface area contributed by atoms with E-state index in [1.165, 1.54) is 12.1 Å². The maximum absolute atomic E-state index is 13.7. The number of anilines is 1. The Bertz CT molecular complexity index is 1180. The molecular weight excluding hydrogens is 377 g/mol. The summed E-state index contributed by atoms with van der Waals surface area (Å²) in [5.41, 5.74) is 3.09. The number of pyridine rings is 1. The molecule has 6 heteroatoms. The first kappa shape index (κ1) is 17.9. The van der Waals surface area contributed by atoms with Crippen molar-refractivity contribution in [1.29, 1.82) is 0 Å². The Morgan fingerprint density at radius 2 is 1.83 bits per heavy atom. The number of hydrogen-bond donors (Lipinski definition) is 1. The smallest absolute Gasteiger partial charge is 0.373 e. The summed E-state index contributed by atoms with van der Waals surface area (Å²) in [5.74, 6) is -0.0905. The van der Waals surface area contributed by atoms with Gasteiger partial charge in [-0.2, -0.15) is 13.2 Å². The van der Waals surface area contributed by atoms with Crippen LogP contribution in [0, 0.1) is 0 Å². The highest BCUT2D eigenvalue weighted by Crippen LogP contribution is 2.49. The summed E-state index contributed by atoms with van der Waals surface area (Å²) in [4.78, 5) is 17.3. The molecule has 3 nitrogen and oxygen atoms in total. The highest BCUT2D eigenvalue weighted by molar-refractivity contribution is 6.12. The molecule has 0 radical (unpaired) electrons. The van der Waals surface area contributed by atoms with Crippen LogP contribution in [0.1, 0.15) is 42.0 Å². The zero-order chi connectivity index (χ0) is 20.2. The van der Waals surface area contributed by atoms with Gasteiger partial charge < -0.3 is 5.32 Å². The topological polar surface area (TPSA) is 42.0 Å². The Morgan fingerprint density at radius 3 is 2.66 bits per heavy atom. The van der Waals surface area contributed by atoms with Crippen LogP contribution in [0.5, 0.6) is 0 Å². The molecule has 1 aliphatic carbocycles. The van der Waals surface area contributed by atoms with Crippen LogP contribution < -0.4 is 5.32 Å². The lowest BCUT2D eigenvalue weighted by molar-refractivity contribution is -0.138. The van der Waals surface area contributed by atoms with Gasteiger partial charge in [-0.15, -0.1) is 0 Å². The number of nitrogens with one attached hydrogen (secondary N) is 1. The molecule has 1 atom stereocenters. The molecule has 146 valence electrons. The number of benzene rings is 2. The number of nitrogens with zero attached hydrogens (tertiary/aromatic N) is 1. The minimum Gasteiger partial charge on any atom is -0.373 e. The van der Waals surface area contributed by atoms with Crippen LogP contribution in [-0.4, -0.2) is 10.8 Å². The zero-order valence-corrected chi connectivity index (χ0v) is 15.4. The SMILES string of the molecule is O=C1CCCC2=C1[C@H](c1ccccc1C(F)(F)F)Nc1ccc3ncccc3c12.